The van der Waals surface area contributed by atoms with E-state index in [0.717, 1.165) is 43.3 Å². The third-order valence-electron chi connectivity index (χ3n) is 7.30. The van der Waals surface area contributed by atoms with Gasteiger partial charge in [0.15, 0.2) is 11.6 Å². The SMILES string of the molecule is C[C@@H]1CN(c2c(NC(=O)c3ccc(=O)n(-c4c(F)cccc4F)n3)ccc(N[C@@H]3CCCOC3)c2C=N)C[C@@H]1N. The molecular formula is C28H31F2N7O3. The molecule has 12 heteroatoms. The molecule has 0 spiro atoms. The number of halogens is 2. The topological polar surface area (TPSA) is 138 Å². The van der Waals surface area contributed by atoms with Crippen LogP contribution in [0.4, 0.5) is 25.8 Å². The number of nitrogens with two attached hydrogens (primary N) is 1. The van der Waals surface area contributed by atoms with Crippen LogP contribution in [0.25, 0.3) is 5.69 Å². The molecule has 10 nitrogen and oxygen atoms in total. The van der Waals surface area contributed by atoms with Gasteiger partial charge in [-0.3, -0.25) is 9.59 Å². The Kier molecular flexibility index (Phi) is 7.90. The van der Waals surface area contributed by atoms with Crippen LogP contribution in [0.5, 0.6) is 0 Å². The molecule has 0 aliphatic carbocycles. The van der Waals surface area contributed by atoms with Crippen LogP contribution in [-0.2, 0) is 4.74 Å². The number of hydrogen-bond acceptors (Lipinski definition) is 8. The van der Waals surface area contributed by atoms with Crippen LogP contribution in [0.2, 0.25) is 0 Å². The van der Waals surface area contributed by atoms with Crippen LogP contribution < -0.4 is 26.8 Å². The second-order valence-corrected chi connectivity index (χ2v) is 10.2. The summed E-state index contributed by atoms with van der Waals surface area (Å²) in [5, 5.41) is 18.5. The van der Waals surface area contributed by atoms with Gasteiger partial charge in [0.2, 0.25) is 0 Å². The fourth-order valence-corrected chi connectivity index (χ4v) is 5.14. The molecule has 5 N–H and O–H groups in total. The fourth-order valence-electron chi connectivity index (χ4n) is 5.14. The summed E-state index contributed by atoms with van der Waals surface area (Å²) in [6.45, 7) is 4.47. The van der Waals surface area contributed by atoms with Gasteiger partial charge in [0.1, 0.15) is 11.4 Å². The number of para-hydroxylation sites is 1. The molecule has 3 atom stereocenters. The molecule has 0 radical (unpaired) electrons. The summed E-state index contributed by atoms with van der Waals surface area (Å²) in [6.07, 6.45) is 3.11. The number of ether oxygens (including phenoxy) is 1. The molecule has 0 unspecified atom stereocenters. The van der Waals surface area contributed by atoms with Crippen molar-refractivity contribution in [2.24, 2.45) is 11.7 Å². The maximum Gasteiger partial charge on any atom is 0.276 e. The minimum Gasteiger partial charge on any atom is -0.379 e. The Labute approximate surface area is 229 Å². The highest BCUT2D eigenvalue weighted by atomic mass is 19.1. The summed E-state index contributed by atoms with van der Waals surface area (Å²) in [5.74, 6) is -2.49. The zero-order valence-corrected chi connectivity index (χ0v) is 22.0. The van der Waals surface area contributed by atoms with Crippen LogP contribution in [0.1, 0.15) is 35.8 Å². The minimum absolute atomic E-state index is 0.0875. The van der Waals surface area contributed by atoms with E-state index in [2.05, 4.69) is 15.7 Å². The number of aromatic nitrogens is 2. The van der Waals surface area contributed by atoms with E-state index in [-0.39, 0.29) is 23.7 Å². The van der Waals surface area contributed by atoms with E-state index in [1.807, 2.05) is 11.8 Å². The number of hydrogen-bond donors (Lipinski definition) is 4. The van der Waals surface area contributed by atoms with Crippen molar-refractivity contribution in [2.45, 2.75) is 31.8 Å². The molecule has 210 valence electrons. The van der Waals surface area contributed by atoms with Crippen molar-refractivity contribution < 1.29 is 18.3 Å². The van der Waals surface area contributed by atoms with Gasteiger partial charge in [-0.05, 0) is 49.1 Å². The quantitative estimate of drug-likeness (QED) is 0.331. The second-order valence-electron chi connectivity index (χ2n) is 10.2. The number of nitrogens with one attached hydrogen (secondary N) is 3. The van der Waals surface area contributed by atoms with Gasteiger partial charge < -0.3 is 31.4 Å². The number of amides is 1. The van der Waals surface area contributed by atoms with Crippen LogP contribution >= 0.6 is 0 Å². The van der Waals surface area contributed by atoms with Gasteiger partial charge >= 0.3 is 0 Å². The Balaban J connectivity index is 1.51. The molecule has 1 aromatic heterocycles. The van der Waals surface area contributed by atoms with Crippen LogP contribution in [0, 0.1) is 23.0 Å². The third-order valence-corrected chi connectivity index (χ3v) is 7.30. The molecule has 5 rings (SSSR count). The van der Waals surface area contributed by atoms with Gasteiger partial charge in [-0.15, -0.1) is 0 Å². The van der Waals surface area contributed by atoms with Gasteiger partial charge in [-0.2, -0.15) is 9.78 Å². The number of carbonyl (C=O) groups excluding carboxylic acids is 1. The summed E-state index contributed by atoms with van der Waals surface area (Å²) >= 11 is 0. The number of benzene rings is 2. The molecule has 0 bridgehead atoms. The van der Waals surface area contributed by atoms with Crippen molar-refractivity contribution in [3.05, 3.63) is 75.7 Å². The van der Waals surface area contributed by atoms with Crippen molar-refractivity contribution in [2.75, 3.05) is 41.8 Å². The minimum atomic E-state index is -0.990. The van der Waals surface area contributed by atoms with E-state index in [1.165, 1.54) is 18.3 Å². The summed E-state index contributed by atoms with van der Waals surface area (Å²) < 4.78 is 34.9. The molecule has 1 amide bonds. The monoisotopic (exact) mass is 551 g/mol. The van der Waals surface area contributed by atoms with Crippen LogP contribution in [0.15, 0.2) is 47.3 Å². The summed E-state index contributed by atoms with van der Waals surface area (Å²) in [6, 6.07) is 8.90. The van der Waals surface area contributed by atoms with Gasteiger partial charge in [0, 0.05) is 55.3 Å². The van der Waals surface area contributed by atoms with Crippen molar-refractivity contribution in [1.82, 2.24) is 9.78 Å². The Morgan fingerprint density at radius 3 is 2.52 bits per heavy atom. The lowest BCUT2D eigenvalue weighted by atomic mass is 10.0. The van der Waals surface area contributed by atoms with Crippen LogP contribution in [0.3, 0.4) is 0 Å². The van der Waals surface area contributed by atoms with Crippen molar-refractivity contribution in [3.63, 3.8) is 0 Å². The summed E-state index contributed by atoms with van der Waals surface area (Å²) in [4.78, 5) is 27.8. The highest BCUT2D eigenvalue weighted by Gasteiger charge is 2.31. The lowest BCUT2D eigenvalue weighted by molar-refractivity contribution is 0.0876. The Morgan fingerprint density at radius 2 is 1.88 bits per heavy atom. The number of rotatable bonds is 7. The first kappa shape index (κ1) is 27.4. The van der Waals surface area contributed by atoms with E-state index < -0.39 is 28.8 Å². The average Bonchev–Trinajstić information content (AvgIpc) is 3.27. The Hall–Kier alpha value is -4.16. The average molecular weight is 552 g/mol. The molecule has 40 heavy (non-hydrogen) atoms. The second kappa shape index (κ2) is 11.5. The van der Waals surface area contributed by atoms with E-state index in [1.54, 1.807) is 12.1 Å². The third kappa shape index (κ3) is 5.45. The Bertz CT molecular complexity index is 1460. The summed E-state index contributed by atoms with van der Waals surface area (Å²) in [7, 11) is 0. The van der Waals surface area contributed by atoms with Gasteiger partial charge in [-0.25, -0.2) is 8.78 Å². The molecule has 2 saturated heterocycles. The first-order valence-electron chi connectivity index (χ1n) is 13.1. The van der Waals surface area contributed by atoms with E-state index in [4.69, 9.17) is 15.9 Å². The van der Waals surface area contributed by atoms with Gasteiger partial charge in [-0.1, -0.05) is 13.0 Å². The lowest BCUT2D eigenvalue weighted by Gasteiger charge is -2.29. The van der Waals surface area contributed by atoms with Crippen molar-refractivity contribution >= 4 is 29.2 Å². The van der Waals surface area contributed by atoms with Crippen LogP contribution in [-0.4, -0.2) is 60.3 Å². The lowest BCUT2D eigenvalue weighted by Crippen LogP contribution is -2.32. The van der Waals surface area contributed by atoms with Crippen molar-refractivity contribution in [1.29, 1.82) is 5.41 Å². The van der Waals surface area contributed by atoms with Crippen molar-refractivity contribution in [3.8, 4) is 5.69 Å². The number of anilines is 3. The zero-order valence-electron chi connectivity index (χ0n) is 22.0. The normalized spacial score (nSPS) is 20.8. The smallest absolute Gasteiger partial charge is 0.276 e. The molecule has 3 aromatic rings. The highest BCUT2D eigenvalue weighted by molar-refractivity contribution is 6.08. The Morgan fingerprint density at radius 1 is 1.12 bits per heavy atom. The number of carbonyl (C=O) groups is 1. The fraction of sp³-hybridized carbons (Fsp3) is 0.357. The van der Waals surface area contributed by atoms with Gasteiger partial charge in [0.25, 0.3) is 11.5 Å². The largest absolute Gasteiger partial charge is 0.379 e. The number of nitrogens with zero attached hydrogens (tertiary/aromatic N) is 3. The highest BCUT2D eigenvalue weighted by Crippen LogP contribution is 2.38. The molecule has 3 heterocycles. The molecule has 0 saturated carbocycles. The standard InChI is InChI=1S/C28H31F2N7O3/c1-16-13-36(14-21(16)32)26-18(12-31)22(33-17-4-3-11-40-15-17)7-8-23(26)34-28(39)24-9-10-25(38)37(35-24)27-19(29)5-2-6-20(27)30/h2,5-10,12,16-17,21,31,33H,3-4,11,13-15,32H2,1H3,(H,34,39)/t16-,17-,21+/m1/s1. The van der Waals surface area contributed by atoms with E-state index >= 15 is 0 Å². The molecule has 2 fully saturated rings. The predicted molar refractivity (Wildman–Crippen MR) is 149 cm³/mol. The maximum absolute atomic E-state index is 14.4. The first-order valence-corrected chi connectivity index (χ1v) is 13.1. The molecule has 2 aliphatic rings. The molecule has 2 aromatic carbocycles. The molecular weight excluding hydrogens is 520 g/mol. The first-order chi connectivity index (χ1) is 19.3. The summed E-state index contributed by atoms with van der Waals surface area (Å²) in [5.41, 5.74) is 6.97. The van der Waals surface area contributed by atoms with E-state index in [9.17, 15) is 18.4 Å². The predicted octanol–water partition coefficient (Wildman–Crippen LogP) is 3.13. The van der Waals surface area contributed by atoms with E-state index in [0.29, 0.717) is 41.3 Å². The zero-order chi connectivity index (χ0) is 28.4. The molecule has 2 aliphatic heterocycles. The maximum atomic E-state index is 14.4. The van der Waals surface area contributed by atoms with Gasteiger partial charge in [0.05, 0.1) is 18.0 Å².